The first-order valence-corrected chi connectivity index (χ1v) is 7.39. The van der Waals surface area contributed by atoms with Crippen molar-refractivity contribution in [2.24, 2.45) is 7.05 Å². The number of carbonyl (C=O) groups excluding carboxylic acids is 1. The predicted molar refractivity (Wildman–Crippen MR) is 82.7 cm³/mol. The summed E-state index contributed by atoms with van der Waals surface area (Å²) >= 11 is 5.59. The maximum absolute atomic E-state index is 12.1. The average Bonchev–Trinajstić information content (AvgIpc) is 2.75. The third-order valence-corrected chi connectivity index (χ3v) is 4.06. The molecular weight excluding hydrogens is 407 g/mol. The zero-order chi connectivity index (χ0) is 13.1. The van der Waals surface area contributed by atoms with Crippen LogP contribution in [0.4, 0.5) is 0 Å². The van der Waals surface area contributed by atoms with Gasteiger partial charge in [-0.05, 0) is 52.8 Å². The maximum atomic E-state index is 12.1. The topological polar surface area (TPSA) is 34.9 Å². The Morgan fingerprint density at radius 3 is 2.94 bits per heavy atom. The number of ketones is 1. The van der Waals surface area contributed by atoms with E-state index in [1.807, 2.05) is 31.4 Å². The fourth-order valence-corrected chi connectivity index (χ4v) is 2.70. The van der Waals surface area contributed by atoms with Crippen LogP contribution in [0.15, 0.2) is 35.1 Å². The number of aryl methyl sites for hydroxylation is 2. The van der Waals surface area contributed by atoms with E-state index in [-0.39, 0.29) is 5.78 Å². The highest BCUT2D eigenvalue weighted by molar-refractivity contribution is 14.1. The summed E-state index contributed by atoms with van der Waals surface area (Å²) in [6.07, 6.45) is 4.99. The van der Waals surface area contributed by atoms with Crippen LogP contribution in [-0.2, 0) is 13.5 Å². The van der Waals surface area contributed by atoms with Gasteiger partial charge in [-0.1, -0.05) is 15.9 Å². The highest BCUT2D eigenvalue weighted by atomic mass is 127. The van der Waals surface area contributed by atoms with Crippen LogP contribution >= 0.6 is 38.5 Å². The highest BCUT2D eigenvalue weighted by Gasteiger charge is 2.11. The van der Waals surface area contributed by atoms with Gasteiger partial charge in [0.1, 0.15) is 0 Å². The lowest BCUT2D eigenvalue weighted by molar-refractivity contribution is 0.0982. The molecule has 0 bridgehead atoms. The Bertz CT molecular complexity index is 580. The number of benzene rings is 1. The van der Waals surface area contributed by atoms with Crippen LogP contribution in [0, 0.1) is 3.57 Å². The molecule has 0 saturated carbocycles. The summed E-state index contributed by atoms with van der Waals surface area (Å²) in [6.45, 7) is 0. The first-order valence-electron chi connectivity index (χ1n) is 5.52. The van der Waals surface area contributed by atoms with Gasteiger partial charge >= 0.3 is 0 Å². The number of halogens is 2. The second-order valence-electron chi connectivity index (χ2n) is 4.07. The molecule has 1 aromatic carbocycles. The SMILES string of the molecule is Cn1cc(CCC(=O)c2cc(Br)ccc2I)cn1. The number of hydrogen-bond acceptors (Lipinski definition) is 2. The zero-order valence-corrected chi connectivity index (χ0v) is 13.6. The van der Waals surface area contributed by atoms with E-state index in [1.165, 1.54) is 0 Å². The van der Waals surface area contributed by atoms with Gasteiger partial charge in [-0.15, -0.1) is 0 Å². The number of Topliss-reactive ketones (excluding diaryl/α,β-unsaturated/α-hetero) is 1. The summed E-state index contributed by atoms with van der Waals surface area (Å²) in [5.41, 5.74) is 1.88. The molecule has 0 amide bonds. The molecule has 3 nitrogen and oxygen atoms in total. The molecule has 0 radical (unpaired) electrons. The predicted octanol–water partition coefficient (Wildman–Crippen LogP) is 3.60. The molecule has 2 aromatic rings. The minimum Gasteiger partial charge on any atom is -0.294 e. The highest BCUT2D eigenvalue weighted by Crippen LogP contribution is 2.20. The van der Waals surface area contributed by atoms with E-state index < -0.39 is 0 Å². The number of aromatic nitrogens is 2. The number of carbonyl (C=O) groups is 1. The Labute approximate surface area is 128 Å². The van der Waals surface area contributed by atoms with Gasteiger partial charge in [-0.25, -0.2) is 0 Å². The van der Waals surface area contributed by atoms with Gasteiger partial charge in [0.05, 0.1) is 6.20 Å². The van der Waals surface area contributed by atoms with Crippen molar-refractivity contribution in [3.63, 3.8) is 0 Å². The first kappa shape index (κ1) is 13.7. The Morgan fingerprint density at radius 1 is 1.50 bits per heavy atom. The molecule has 0 fully saturated rings. The van der Waals surface area contributed by atoms with Crippen molar-refractivity contribution in [2.75, 3.05) is 0 Å². The van der Waals surface area contributed by atoms with Gasteiger partial charge in [0.25, 0.3) is 0 Å². The molecular formula is C13H12BrIN2O. The monoisotopic (exact) mass is 418 g/mol. The molecule has 1 heterocycles. The van der Waals surface area contributed by atoms with E-state index in [0.29, 0.717) is 6.42 Å². The van der Waals surface area contributed by atoms with Crippen LogP contribution in [0.3, 0.4) is 0 Å². The third kappa shape index (κ3) is 3.41. The van der Waals surface area contributed by atoms with Gasteiger partial charge in [0, 0.05) is 33.3 Å². The van der Waals surface area contributed by atoms with E-state index in [9.17, 15) is 4.79 Å². The Balaban J connectivity index is 2.05. The molecule has 0 unspecified atom stereocenters. The lowest BCUT2D eigenvalue weighted by Crippen LogP contribution is -2.03. The zero-order valence-electron chi connectivity index (χ0n) is 9.86. The summed E-state index contributed by atoms with van der Waals surface area (Å²) < 4.78 is 3.68. The quantitative estimate of drug-likeness (QED) is 0.561. The smallest absolute Gasteiger partial charge is 0.164 e. The molecule has 1 aromatic heterocycles. The molecule has 0 aliphatic heterocycles. The lowest BCUT2D eigenvalue weighted by Gasteiger charge is -2.04. The van der Waals surface area contributed by atoms with Crippen LogP contribution in [0.5, 0.6) is 0 Å². The van der Waals surface area contributed by atoms with E-state index in [2.05, 4.69) is 43.6 Å². The molecule has 94 valence electrons. The summed E-state index contributed by atoms with van der Waals surface area (Å²) in [6, 6.07) is 5.77. The minimum atomic E-state index is 0.171. The van der Waals surface area contributed by atoms with Gasteiger partial charge in [0.2, 0.25) is 0 Å². The minimum absolute atomic E-state index is 0.171. The first-order chi connectivity index (χ1) is 8.56. The van der Waals surface area contributed by atoms with Crippen molar-refractivity contribution in [3.05, 3.63) is 49.8 Å². The molecule has 0 saturated heterocycles. The van der Waals surface area contributed by atoms with Gasteiger partial charge in [-0.3, -0.25) is 9.48 Å². The number of nitrogens with zero attached hydrogens (tertiary/aromatic N) is 2. The average molecular weight is 419 g/mol. The Morgan fingerprint density at radius 2 is 2.28 bits per heavy atom. The molecule has 2 rings (SSSR count). The molecule has 0 N–H and O–H groups in total. The van der Waals surface area contributed by atoms with Crippen LogP contribution in [0.25, 0.3) is 0 Å². The van der Waals surface area contributed by atoms with E-state index in [4.69, 9.17) is 0 Å². The third-order valence-electron chi connectivity index (χ3n) is 2.63. The number of rotatable bonds is 4. The van der Waals surface area contributed by atoms with E-state index >= 15 is 0 Å². The lowest BCUT2D eigenvalue weighted by atomic mass is 10.0. The van der Waals surface area contributed by atoms with Crippen molar-refractivity contribution >= 4 is 44.3 Å². The molecule has 18 heavy (non-hydrogen) atoms. The second kappa shape index (κ2) is 5.97. The number of hydrogen-bond donors (Lipinski definition) is 0. The summed E-state index contributed by atoms with van der Waals surface area (Å²) in [5.74, 6) is 0.171. The maximum Gasteiger partial charge on any atom is 0.164 e. The summed E-state index contributed by atoms with van der Waals surface area (Å²) in [5, 5.41) is 4.10. The molecule has 5 heteroatoms. The van der Waals surface area contributed by atoms with Crippen molar-refractivity contribution in [1.82, 2.24) is 9.78 Å². The Hall–Kier alpha value is -0.690. The Kier molecular flexibility index (Phi) is 4.55. The molecule has 0 spiro atoms. The van der Waals surface area contributed by atoms with E-state index in [0.717, 1.165) is 25.6 Å². The summed E-state index contributed by atoms with van der Waals surface area (Å²) in [4.78, 5) is 12.1. The van der Waals surface area contributed by atoms with E-state index in [1.54, 1.807) is 10.9 Å². The van der Waals surface area contributed by atoms with Crippen molar-refractivity contribution in [2.45, 2.75) is 12.8 Å². The van der Waals surface area contributed by atoms with Gasteiger partial charge in [0.15, 0.2) is 5.78 Å². The van der Waals surface area contributed by atoms with Crippen LogP contribution in [-0.4, -0.2) is 15.6 Å². The van der Waals surface area contributed by atoms with Gasteiger partial charge < -0.3 is 0 Å². The van der Waals surface area contributed by atoms with Crippen LogP contribution < -0.4 is 0 Å². The fraction of sp³-hybridized carbons (Fsp3) is 0.231. The molecule has 0 aliphatic carbocycles. The second-order valence-corrected chi connectivity index (χ2v) is 6.15. The standard InChI is InChI=1S/C13H12BrIN2O/c1-17-8-9(7-16-17)2-5-13(18)11-6-10(14)3-4-12(11)15/h3-4,6-8H,2,5H2,1H3. The normalized spacial score (nSPS) is 10.6. The van der Waals surface area contributed by atoms with Crippen molar-refractivity contribution < 1.29 is 4.79 Å². The van der Waals surface area contributed by atoms with Crippen molar-refractivity contribution in [3.8, 4) is 0 Å². The van der Waals surface area contributed by atoms with Crippen molar-refractivity contribution in [1.29, 1.82) is 0 Å². The largest absolute Gasteiger partial charge is 0.294 e. The molecule has 0 aliphatic rings. The van der Waals surface area contributed by atoms with Gasteiger partial charge in [-0.2, -0.15) is 5.10 Å². The molecule has 0 atom stereocenters. The van der Waals surface area contributed by atoms with Crippen LogP contribution in [0.2, 0.25) is 0 Å². The van der Waals surface area contributed by atoms with Crippen LogP contribution in [0.1, 0.15) is 22.3 Å². The fourth-order valence-electron chi connectivity index (χ4n) is 1.70. The summed E-state index contributed by atoms with van der Waals surface area (Å²) in [7, 11) is 1.88.